The maximum Gasteiger partial charge on any atom is 0.126 e. The van der Waals surface area contributed by atoms with Crippen molar-refractivity contribution in [3.05, 3.63) is 80.8 Å². The molecule has 2 aromatic carbocycles. The molecule has 0 saturated heterocycles. The summed E-state index contributed by atoms with van der Waals surface area (Å²) in [5.74, 6) is 0. The monoisotopic (exact) mass is 378 g/mol. The number of halogens is 5. The highest BCUT2D eigenvalue weighted by Crippen LogP contribution is 2.27. The summed E-state index contributed by atoms with van der Waals surface area (Å²) in [7, 11) is 0. The average Bonchev–Trinajstić information content (AvgIpc) is 2.48. The lowest BCUT2D eigenvalue weighted by Gasteiger charge is -1.96. The predicted molar refractivity (Wildman–Crippen MR) is 97.0 cm³/mol. The molecule has 0 amide bonds. The molecular weight excluding hydrogens is 369 g/mol. The molecule has 2 rings (SSSR count). The van der Waals surface area contributed by atoms with E-state index in [1.54, 1.807) is 6.08 Å². The largest absolute Gasteiger partial charge is 0.126 e. The third kappa shape index (κ3) is 7.80. The van der Waals surface area contributed by atoms with Gasteiger partial charge in [-0.2, -0.15) is 0 Å². The van der Waals surface area contributed by atoms with Crippen molar-refractivity contribution in [3.63, 3.8) is 0 Å². The fourth-order valence-corrected chi connectivity index (χ4v) is 1.97. The maximum atomic E-state index is 5.76. The minimum atomic E-state index is 0.0952. The second-order valence-corrected chi connectivity index (χ2v) is 6.12. The van der Waals surface area contributed by atoms with Crippen LogP contribution in [0.5, 0.6) is 0 Å². The molecule has 0 aliphatic rings. The summed E-state index contributed by atoms with van der Waals surface area (Å²) in [5.41, 5.74) is 1.84. The van der Waals surface area contributed by atoms with Crippen LogP contribution in [0.4, 0.5) is 0 Å². The van der Waals surface area contributed by atoms with Crippen molar-refractivity contribution >= 4 is 69.1 Å². The Kier molecular flexibility index (Phi) is 8.91. The molecule has 2 aromatic rings. The van der Waals surface area contributed by atoms with Crippen LogP contribution in [0.2, 0.25) is 0 Å². The second-order valence-electron chi connectivity index (χ2n) is 3.79. The van der Waals surface area contributed by atoms with E-state index in [0.29, 0.717) is 5.03 Å². The van der Waals surface area contributed by atoms with Crippen LogP contribution >= 0.6 is 58.0 Å². The molecule has 0 fully saturated rings. The zero-order valence-corrected chi connectivity index (χ0v) is 14.5. The van der Waals surface area contributed by atoms with Crippen LogP contribution in [0.25, 0.3) is 11.1 Å². The minimum absolute atomic E-state index is 0.0952. The number of hydrogen-bond donors (Lipinski definition) is 0. The molecule has 0 aromatic heterocycles. The van der Waals surface area contributed by atoms with E-state index in [-0.39, 0.29) is 8.98 Å². The van der Waals surface area contributed by atoms with Gasteiger partial charge in [-0.25, -0.2) is 0 Å². The molecule has 0 aliphatic heterocycles. The zero-order valence-electron chi connectivity index (χ0n) is 10.7. The fourth-order valence-electron chi connectivity index (χ4n) is 1.37. The van der Waals surface area contributed by atoms with Gasteiger partial charge in [0, 0.05) is 0 Å². The molecule has 0 atom stereocenters. The van der Waals surface area contributed by atoms with Crippen molar-refractivity contribution in [1.82, 2.24) is 0 Å². The minimum Gasteiger partial charge on any atom is -0.0811 e. The Balaban J connectivity index is 0.000000211. The molecular formula is C16H11Cl5. The smallest absolute Gasteiger partial charge is 0.0811 e. The van der Waals surface area contributed by atoms with Crippen LogP contribution in [0.1, 0.15) is 11.1 Å². The number of benzene rings is 2. The van der Waals surface area contributed by atoms with Gasteiger partial charge in [-0.05, 0) is 17.2 Å². The summed E-state index contributed by atoms with van der Waals surface area (Å²) in [6.45, 7) is 0. The molecule has 0 bridgehead atoms. The second kappa shape index (κ2) is 10.2. The highest BCUT2D eigenvalue weighted by Gasteiger charge is 2.00. The Labute approximate surface area is 149 Å². The van der Waals surface area contributed by atoms with Crippen molar-refractivity contribution in [3.8, 4) is 0 Å². The van der Waals surface area contributed by atoms with Gasteiger partial charge in [0.05, 0.1) is 5.03 Å². The SMILES string of the molecule is ClC(Cl)=C(Cl)c1ccccc1.ClC(Cl)=Cc1ccccc1. The third-order valence-electron chi connectivity index (χ3n) is 2.27. The van der Waals surface area contributed by atoms with Gasteiger partial charge in [-0.15, -0.1) is 0 Å². The molecule has 0 radical (unpaired) electrons. The van der Waals surface area contributed by atoms with E-state index in [2.05, 4.69) is 0 Å². The van der Waals surface area contributed by atoms with Gasteiger partial charge in [0.1, 0.15) is 8.98 Å². The Morgan fingerprint density at radius 2 is 1.14 bits per heavy atom. The molecule has 0 nitrogen and oxygen atoms in total. The van der Waals surface area contributed by atoms with Crippen molar-refractivity contribution in [1.29, 1.82) is 0 Å². The molecule has 0 heterocycles. The van der Waals surface area contributed by atoms with E-state index >= 15 is 0 Å². The molecule has 0 saturated carbocycles. The summed E-state index contributed by atoms with van der Waals surface area (Å²) in [6, 6.07) is 19.0. The maximum absolute atomic E-state index is 5.76. The van der Waals surface area contributed by atoms with Crippen molar-refractivity contribution in [2.45, 2.75) is 0 Å². The van der Waals surface area contributed by atoms with E-state index in [0.717, 1.165) is 11.1 Å². The highest BCUT2D eigenvalue weighted by atomic mass is 35.5. The molecule has 5 heteroatoms. The molecule has 0 spiro atoms. The standard InChI is InChI=1S/C8H5Cl3.C8H6Cl2/c9-7(8(10)11)6-4-2-1-3-5-6;9-8(10)6-7-4-2-1-3-5-7/h1-5H;1-6H. The van der Waals surface area contributed by atoms with Gasteiger partial charge in [-0.1, -0.05) is 119 Å². The van der Waals surface area contributed by atoms with Gasteiger partial charge < -0.3 is 0 Å². The van der Waals surface area contributed by atoms with Crippen LogP contribution in [0.3, 0.4) is 0 Å². The fraction of sp³-hybridized carbons (Fsp3) is 0. The van der Waals surface area contributed by atoms with Gasteiger partial charge in [0.15, 0.2) is 0 Å². The molecule has 110 valence electrons. The van der Waals surface area contributed by atoms with Crippen LogP contribution in [0, 0.1) is 0 Å². The first-order valence-corrected chi connectivity index (χ1v) is 7.73. The average molecular weight is 381 g/mol. The van der Waals surface area contributed by atoms with Gasteiger partial charge in [0.25, 0.3) is 0 Å². The lowest BCUT2D eigenvalue weighted by atomic mass is 10.2. The first kappa shape index (κ1) is 18.4. The Hall–Kier alpha value is -0.630. The quantitative estimate of drug-likeness (QED) is 0.506. The summed E-state index contributed by atoms with van der Waals surface area (Å²) in [6.07, 6.45) is 1.70. The van der Waals surface area contributed by atoms with Gasteiger partial charge in [0.2, 0.25) is 0 Å². The van der Waals surface area contributed by atoms with Crippen LogP contribution in [-0.4, -0.2) is 0 Å². The zero-order chi connectivity index (χ0) is 15.7. The first-order valence-electron chi connectivity index (χ1n) is 5.84. The Morgan fingerprint density at radius 3 is 1.57 bits per heavy atom. The van der Waals surface area contributed by atoms with Crippen molar-refractivity contribution in [2.24, 2.45) is 0 Å². The van der Waals surface area contributed by atoms with E-state index in [1.807, 2.05) is 60.7 Å². The van der Waals surface area contributed by atoms with E-state index in [9.17, 15) is 0 Å². The molecule has 0 aliphatic carbocycles. The van der Waals surface area contributed by atoms with E-state index in [1.165, 1.54) is 0 Å². The van der Waals surface area contributed by atoms with Crippen LogP contribution < -0.4 is 0 Å². The van der Waals surface area contributed by atoms with Gasteiger partial charge in [-0.3, -0.25) is 0 Å². The highest BCUT2D eigenvalue weighted by molar-refractivity contribution is 6.66. The lowest BCUT2D eigenvalue weighted by molar-refractivity contribution is 1.65. The topological polar surface area (TPSA) is 0 Å². The number of hydrogen-bond acceptors (Lipinski definition) is 0. The normalized spacial score (nSPS) is 9.19. The summed E-state index contributed by atoms with van der Waals surface area (Å²) >= 11 is 27.6. The van der Waals surface area contributed by atoms with Crippen molar-refractivity contribution < 1.29 is 0 Å². The summed E-state index contributed by atoms with van der Waals surface area (Å²) in [4.78, 5) is 0. The third-order valence-corrected chi connectivity index (χ3v) is 3.47. The Bertz CT molecular complexity index is 595. The first-order chi connectivity index (χ1) is 10.0. The molecule has 0 N–H and O–H groups in total. The summed E-state index contributed by atoms with van der Waals surface area (Å²) < 4.78 is 0.379. The predicted octanol–water partition coefficient (Wildman–Crippen LogP) is 7.49. The van der Waals surface area contributed by atoms with E-state index in [4.69, 9.17) is 58.0 Å². The van der Waals surface area contributed by atoms with Crippen LogP contribution in [-0.2, 0) is 0 Å². The van der Waals surface area contributed by atoms with Crippen molar-refractivity contribution in [2.75, 3.05) is 0 Å². The van der Waals surface area contributed by atoms with E-state index < -0.39 is 0 Å². The number of rotatable bonds is 2. The molecule has 0 unspecified atom stereocenters. The summed E-state index contributed by atoms with van der Waals surface area (Å²) in [5, 5.41) is 0.383. The van der Waals surface area contributed by atoms with Gasteiger partial charge >= 0.3 is 0 Å². The van der Waals surface area contributed by atoms with Crippen LogP contribution in [0.15, 0.2) is 69.6 Å². The Morgan fingerprint density at radius 1 is 0.667 bits per heavy atom. The molecule has 21 heavy (non-hydrogen) atoms. The lowest BCUT2D eigenvalue weighted by Crippen LogP contribution is -1.74.